The molecule has 0 aliphatic carbocycles. The van der Waals surface area contributed by atoms with Crippen molar-refractivity contribution < 1.29 is 18.0 Å². The Hall–Kier alpha value is -2.71. The minimum absolute atomic E-state index is 0.0641. The maximum Gasteiger partial charge on any atom is 0.251 e. The zero-order valence-electron chi connectivity index (χ0n) is 21.2. The largest absolute Gasteiger partial charge is 0.349 e. The van der Waals surface area contributed by atoms with Gasteiger partial charge in [-0.15, -0.1) is 0 Å². The molecule has 0 saturated carbocycles. The van der Waals surface area contributed by atoms with E-state index in [1.807, 2.05) is 42.2 Å². The van der Waals surface area contributed by atoms with Gasteiger partial charge in [0.15, 0.2) is 0 Å². The smallest absolute Gasteiger partial charge is 0.251 e. The molecule has 0 aromatic heterocycles. The van der Waals surface area contributed by atoms with Gasteiger partial charge in [0.2, 0.25) is 15.9 Å². The molecule has 1 unspecified atom stereocenters. The molecule has 7 nitrogen and oxygen atoms in total. The fraction of sp³-hybridized carbons (Fsp3) is 0.481. The number of carbonyl (C=O) groups excluding carboxylic acids is 2. The summed E-state index contributed by atoms with van der Waals surface area (Å²) in [4.78, 5) is 28.2. The third kappa shape index (κ3) is 6.11. The van der Waals surface area contributed by atoms with Crippen molar-refractivity contribution in [1.82, 2.24) is 14.5 Å². The van der Waals surface area contributed by atoms with E-state index in [0.29, 0.717) is 44.6 Å². The molecular weight excluding hydrogens is 462 g/mol. The molecule has 3 rings (SSSR count). The highest BCUT2D eigenvalue weighted by Gasteiger charge is 2.29. The summed E-state index contributed by atoms with van der Waals surface area (Å²) in [5.41, 5.74) is 2.12. The van der Waals surface area contributed by atoms with E-state index < -0.39 is 10.0 Å². The molecule has 1 heterocycles. The average Bonchev–Trinajstić information content (AvgIpc) is 2.86. The standard InChI is InChI=1S/C27H37N3O4S/c1-5-24(21-11-9-8-10-12-21)27(32)29-17-15-22(16-18-29)28-26(31)25-19-23(14-13-20(25)4)35(33,34)30(6-2)7-3/h8-14,19,22,24H,5-7,15-18H2,1-4H3,(H,28,31). The monoisotopic (exact) mass is 499 g/mol. The van der Waals surface area contributed by atoms with E-state index in [1.54, 1.807) is 32.9 Å². The molecule has 2 aromatic rings. The van der Waals surface area contributed by atoms with Gasteiger partial charge in [0, 0.05) is 37.8 Å². The molecule has 0 spiro atoms. The van der Waals surface area contributed by atoms with Gasteiger partial charge >= 0.3 is 0 Å². The van der Waals surface area contributed by atoms with E-state index in [9.17, 15) is 18.0 Å². The minimum atomic E-state index is -3.65. The second-order valence-electron chi connectivity index (χ2n) is 9.01. The molecule has 35 heavy (non-hydrogen) atoms. The molecule has 0 radical (unpaired) electrons. The first-order valence-corrected chi connectivity index (χ1v) is 13.9. The van der Waals surface area contributed by atoms with Crippen LogP contribution in [0.4, 0.5) is 0 Å². The first kappa shape index (κ1) is 26.9. The van der Waals surface area contributed by atoms with Crippen LogP contribution in [-0.2, 0) is 14.8 Å². The molecule has 1 aliphatic rings. The molecule has 1 saturated heterocycles. The van der Waals surface area contributed by atoms with Gasteiger partial charge in [0.05, 0.1) is 10.8 Å². The molecular formula is C27H37N3O4S. The van der Waals surface area contributed by atoms with Crippen LogP contribution in [0.5, 0.6) is 0 Å². The van der Waals surface area contributed by atoms with Gasteiger partial charge in [0.1, 0.15) is 0 Å². The zero-order chi connectivity index (χ0) is 25.6. The molecule has 2 amide bonds. The first-order chi connectivity index (χ1) is 16.7. The third-order valence-corrected chi connectivity index (χ3v) is 8.89. The van der Waals surface area contributed by atoms with E-state index in [4.69, 9.17) is 0 Å². The van der Waals surface area contributed by atoms with Crippen LogP contribution < -0.4 is 5.32 Å². The summed E-state index contributed by atoms with van der Waals surface area (Å²) in [6.07, 6.45) is 2.07. The summed E-state index contributed by atoms with van der Waals surface area (Å²) in [6, 6.07) is 14.5. The lowest BCUT2D eigenvalue weighted by Crippen LogP contribution is -2.47. The average molecular weight is 500 g/mol. The van der Waals surface area contributed by atoms with Gasteiger partial charge in [-0.25, -0.2) is 8.42 Å². The Morgan fingerprint density at radius 1 is 1.03 bits per heavy atom. The SMILES string of the molecule is CCC(C(=O)N1CCC(NC(=O)c2cc(S(=O)(=O)N(CC)CC)ccc2C)CC1)c1ccccc1. The normalized spacial score (nSPS) is 15.7. The number of amides is 2. The van der Waals surface area contributed by atoms with E-state index in [2.05, 4.69) is 5.32 Å². The Labute approximate surface area is 209 Å². The third-order valence-electron chi connectivity index (χ3n) is 6.85. The Morgan fingerprint density at radius 3 is 2.23 bits per heavy atom. The minimum Gasteiger partial charge on any atom is -0.349 e. The summed E-state index contributed by atoms with van der Waals surface area (Å²) >= 11 is 0. The Kier molecular flexibility index (Phi) is 9.08. The second kappa shape index (κ2) is 11.8. The molecule has 1 fully saturated rings. The van der Waals surface area contributed by atoms with E-state index in [1.165, 1.54) is 10.4 Å². The molecule has 1 atom stereocenters. The predicted octanol–water partition coefficient (Wildman–Crippen LogP) is 3.94. The number of nitrogens with zero attached hydrogens (tertiary/aromatic N) is 2. The molecule has 1 aliphatic heterocycles. The van der Waals surface area contributed by atoms with Crippen molar-refractivity contribution in [3.8, 4) is 0 Å². The summed E-state index contributed by atoms with van der Waals surface area (Å²) in [7, 11) is -3.65. The topological polar surface area (TPSA) is 86.8 Å². The number of hydrogen-bond donors (Lipinski definition) is 1. The van der Waals surface area contributed by atoms with E-state index >= 15 is 0 Å². The number of sulfonamides is 1. The number of aryl methyl sites for hydroxylation is 1. The lowest BCUT2D eigenvalue weighted by Gasteiger charge is -2.34. The van der Waals surface area contributed by atoms with Crippen LogP contribution >= 0.6 is 0 Å². The van der Waals surface area contributed by atoms with Crippen molar-refractivity contribution in [3.63, 3.8) is 0 Å². The van der Waals surface area contributed by atoms with E-state index in [-0.39, 0.29) is 28.7 Å². The molecule has 1 N–H and O–H groups in total. The lowest BCUT2D eigenvalue weighted by molar-refractivity contribution is -0.134. The highest BCUT2D eigenvalue weighted by molar-refractivity contribution is 7.89. The van der Waals surface area contributed by atoms with Crippen molar-refractivity contribution in [1.29, 1.82) is 0 Å². The maximum absolute atomic E-state index is 13.1. The zero-order valence-corrected chi connectivity index (χ0v) is 22.0. The van der Waals surface area contributed by atoms with Crippen LogP contribution in [0.1, 0.15) is 67.4 Å². The van der Waals surface area contributed by atoms with Crippen LogP contribution in [0.15, 0.2) is 53.4 Å². The molecule has 0 bridgehead atoms. The fourth-order valence-corrected chi connectivity index (χ4v) is 6.17. The van der Waals surface area contributed by atoms with Gasteiger partial charge in [-0.2, -0.15) is 4.31 Å². The van der Waals surface area contributed by atoms with Gasteiger partial charge in [-0.3, -0.25) is 9.59 Å². The van der Waals surface area contributed by atoms with Gasteiger partial charge < -0.3 is 10.2 Å². The maximum atomic E-state index is 13.1. The highest BCUT2D eigenvalue weighted by atomic mass is 32.2. The van der Waals surface area contributed by atoms with Crippen molar-refractivity contribution in [2.75, 3.05) is 26.2 Å². The summed E-state index contributed by atoms with van der Waals surface area (Å²) in [6.45, 7) is 9.33. The second-order valence-corrected chi connectivity index (χ2v) is 10.9. The van der Waals surface area contributed by atoms with Crippen LogP contribution in [0.3, 0.4) is 0 Å². The first-order valence-electron chi connectivity index (χ1n) is 12.5. The van der Waals surface area contributed by atoms with Gasteiger partial charge in [-0.05, 0) is 49.4 Å². The summed E-state index contributed by atoms with van der Waals surface area (Å²) < 4.78 is 27.2. The van der Waals surface area contributed by atoms with Crippen LogP contribution in [0, 0.1) is 6.92 Å². The Morgan fingerprint density at radius 2 is 1.66 bits per heavy atom. The van der Waals surface area contributed by atoms with Crippen molar-refractivity contribution >= 4 is 21.8 Å². The number of piperidine rings is 1. The molecule has 190 valence electrons. The number of nitrogens with one attached hydrogen (secondary N) is 1. The van der Waals surface area contributed by atoms with Gasteiger partial charge in [-0.1, -0.05) is 57.2 Å². The summed E-state index contributed by atoms with van der Waals surface area (Å²) in [5, 5.41) is 3.06. The number of rotatable bonds is 9. The van der Waals surface area contributed by atoms with Crippen molar-refractivity contribution in [3.05, 3.63) is 65.2 Å². The van der Waals surface area contributed by atoms with Gasteiger partial charge in [0.25, 0.3) is 5.91 Å². The van der Waals surface area contributed by atoms with E-state index in [0.717, 1.165) is 17.5 Å². The number of hydrogen-bond acceptors (Lipinski definition) is 4. The number of benzene rings is 2. The van der Waals surface area contributed by atoms with Crippen LogP contribution in [-0.4, -0.2) is 61.7 Å². The quantitative estimate of drug-likeness (QED) is 0.566. The van der Waals surface area contributed by atoms with Crippen LogP contribution in [0.25, 0.3) is 0 Å². The number of likely N-dealkylation sites (tertiary alicyclic amines) is 1. The lowest BCUT2D eigenvalue weighted by atomic mass is 9.93. The number of carbonyl (C=O) groups is 2. The van der Waals surface area contributed by atoms with Crippen LogP contribution in [0.2, 0.25) is 0 Å². The molecule has 8 heteroatoms. The Bertz CT molecular complexity index is 1120. The van der Waals surface area contributed by atoms with Crippen molar-refractivity contribution in [2.45, 2.75) is 63.8 Å². The Balaban J connectivity index is 1.65. The van der Waals surface area contributed by atoms with Crippen molar-refractivity contribution in [2.24, 2.45) is 0 Å². The summed E-state index contributed by atoms with van der Waals surface area (Å²) in [5.74, 6) is -0.297. The fourth-order valence-electron chi connectivity index (χ4n) is 4.68. The predicted molar refractivity (Wildman–Crippen MR) is 138 cm³/mol. The molecule has 2 aromatic carbocycles. The highest BCUT2D eigenvalue weighted by Crippen LogP contribution is 2.25.